The molecule has 0 spiro atoms. The lowest BCUT2D eigenvalue weighted by molar-refractivity contribution is -0.131. The van der Waals surface area contributed by atoms with Crippen molar-refractivity contribution in [2.75, 3.05) is 13.1 Å². The first-order valence-electron chi connectivity index (χ1n) is 6.02. The van der Waals surface area contributed by atoms with Crippen LogP contribution in [0.5, 0.6) is 0 Å². The average Bonchev–Trinajstić information content (AvgIpc) is 2.85. The second-order valence-electron chi connectivity index (χ2n) is 4.84. The summed E-state index contributed by atoms with van der Waals surface area (Å²) in [6, 6.07) is 2.09. The Bertz CT molecular complexity index is 408. The van der Waals surface area contributed by atoms with E-state index in [1.807, 2.05) is 11.8 Å². The maximum absolute atomic E-state index is 12.1. The highest BCUT2D eigenvalue weighted by Crippen LogP contribution is 2.22. The van der Waals surface area contributed by atoms with E-state index in [0.29, 0.717) is 24.6 Å². The summed E-state index contributed by atoms with van der Waals surface area (Å²) in [5.41, 5.74) is 6.35. The summed E-state index contributed by atoms with van der Waals surface area (Å²) >= 11 is 0. The van der Waals surface area contributed by atoms with Crippen LogP contribution in [0.3, 0.4) is 0 Å². The standard InChI is InChI=1S/C12H19N3O2.ClH/c1-8-3-10(6-13)7-15(8)12(16)5-11-4-9(2)17-14-11;/h4,8,10H,3,5-7,13H2,1-2H3;1H. The number of amides is 1. The summed E-state index contributed by atoms with van der Waals surface area (Å²) < 4.78 is 4.96. The first-order chi connectivity index (χ1) is 8.10. The monoisotopic (exact) mass is 273 g/mol. The van der Waals surface area contributed by atoms with Crippen molar-refractivity contribution in [1.29, 1.82) is 0 Å². The minimum atomic E-state index is 0. The summed E-state index contributed by atoms with van der Waals surface area (Å²) in [5.74, 6) is 1.29. The molecule has 0 bridgehead atoms. The van der Waals surface area contributed by atoms with Gasteiger partial charge in [0, 0.05) is 18.7 Å². The maximum atomic E-state index is 12.1. The smallest absolute Gasteiger partial charge is 0.228 e. The van der Waals surface area contributed by atoms with Gasteiger partial charge in [0.1, 0.15) is 5.76 Å². The van der Waals surface area contributed by atoms with Crippen LogP contribution < -0.4 is 5.73 Å². The van der Waals surface area contributed by atoms with Gasteiger partial charge >= 0.3 is 0 Å². The second kappa shape index (κ2) is 6.20. The van der Waals surface area contributed by atoms with Crippen molar-refractivity contribution in [3.8, 4) is 0 Å². The van der Waals surface area contributed by atoms with Crippen molar-refractivity contribution in [1.82, 2.24) is 10.1 Å². The molecule has 2 rings (SSSR count). The largest absolute Gasteiger partial charge is 0.361 e. The second-order valence-corrected chi connectivity index (χ2v) is 4.84. The zero-order chi connectivity index (χ0) is 12.4. The highest BCUT2D eigenvalue weighted by molar-refractivity contribution is 5.85. The van der Waals surface area contributed by atoms with E-state index in [-0.39, 0.29) is 24.4 Å². The van der Waals surface area contributed by atoms with Crippen LogP contribution in [0, 0.1) is 12.8 Å². The quantitative estimate of drug-likeness (QED) is 0.896. The predicted molar refractivity (Wildman–Crippen MR) is 70.5 cm³/mol. The van der Waals surface area contributed by atoms with E-state index in [2.05, 4.69) is 12.1 Å². The molecule has 102 valence electrons. The van der Waals surface area contributed by atoms with Gasteiger partial charge in [-0.25, -0.2) is 0 Å². The third-order valence-corrected chi connectivity index (χ3v) is 3.32. The Kier molecular flexibility index (Phi) is 5.16. The molecule has 5 nitrogen and oxygen atoms in total. The van der Waals surface area contributed by atoms with Gasteiger partial charge in [-0.2, -0.15) is 0 Å². The Morgan fingerprint density at radius 1 is 1.67 bits per heavy atom. The molecule has 1 aliphatic heterocycles. The summed E-state index contributed by atoms with van der Waals surface area (Å²) in [6.45, 7) is 5.32. The maximum Gasteiger partial charge on any atom is 0.228 e. The number of hydrogen-bond donors (Lipinski definition) is 1. The topological polar surface area (TPSA) is 72.4 Å². The molecule has 0 aliphatic carbocycles. The molecule has 0 aromatic carbocycles. The third kappa shape index (κ3) is 3.23. The van der Waals surface area contributed by atoms with Crippen LogP contribution in [0.4, 0.5) is 0 Å². The molecule has 1 aromatic rings. The number of nitrogens with zero attached hydrogens (tertiary/aromatic N) is 2. The first kappa shape index (κ1) is 15.0. The molecule has 2 atom stereocenters. The van der Waals surface area contributed by atoms with Crippen molar-refractivity contribution in [3.63, 3.8) is 0 Å². The molecule has 2 unspecified atom stereocenters. The van der Waals surface area contributed by atoms with Crippen molar-refractivity contribution in [2.24, 2.45) is 11.7 Å². The van der Waals surface area contributed by atoms with Crippen LogP contribution in [-0.2, 0) is 11.2 Å². The molecule has 1 saturated heterocycles. The third-order valence-electron chi connectivity index (χ3n) is 3.32. The highest BCUT2D eigenvalue weighted by atomic mass is 35.5. The molecule has 1 aromatic heterocycles. The lowest BCUT2D eigenvalue weighted by atomic mass is 10.1. The SMILES string of the molecule is Cc1cc(CC(=O)N2CC(CN)CC2C)no1.Cl. The van der Waals surface area contributed by atoms with Gasteiger partial charge in [-0.05, 0) is 32.7 Å². The van der Waals surface area contributed by atoms with Crippen LogP contribution in [-0.4, -0.2) is 35.1 Å². The lowest BCUT2D eigenvalue weighted by Crippen LogP contribution is -2.35. The van der Waals surface area contributed by atoms with Gasteiger partial charge in [-0.1, -0.05) is 5.16 Å². The van der Waals surface area contributed by atoms with Gasteiger partial charge in [-0.15, -0.1) is 12.4 Å². The zero-order valence-corrected chi connectivity index (χ0v) is 11.6. The fourth-order valence-corrected chi connectivity index (χ4v) is 2.42. The molecular formula is C12H20ClN3O2. The number of halogens is 1. The van der Waals surface area contributed by atoms with Gasteiger partial charge in [0.15, 0.2) is 0 Å². The van der Waals surface area contributed by atoms with Gasteiger partial charge < -0.3 is 15.2 Å². The number of aromatic nitrogens is 1. The fourth-order valence-electron chi connectivity index (χ4n) is 2.42. The molecule has 2 N–H and O–H groups in total. The van der Waals surface area contributed by atoms with Gasteiger partial charge in [-0.3, -0.25) is 4.79 Å². The molecule has 1 aliphatic rings. The van der Waals surface area contributed by atoms with E-state index in [9.17, 15) is 4.79 Å². The predicted octanol–water partition coefficient (Wildman–Crippen LogP) is 1.14. The number of carbonyl (C=O) groups excluding carboxylic acids is 1. The minimum Gasteiger partial charge on any atom is -0.361 e. The fraction of sp³-hybridized carbons (Fsp3) is 0.667. The zero-order valence-electron chi connectivity index (χ0n) is 10.8. The van der Waals surface area contributed by atoms with Crippen molar-refractivity contribution in [2.45, 2.75) is 32.7 Å². The molecule has 0 saturated carbocycles. The Morgan fingerprint density at radius 3 is 2.89 bits per heavy atom. The van der Waals surface area contributed by atoms with E-state index in [4.69, 9.17) is 10.3 Å². The summed E-state index contributed by atoms with van der Waals surface area (Å²) in [6.07, 6.45) is 1.32. The molecule has 1 amide bonds. The van der Waals surface area contributed by atoms with Crippen LogP contribution in [0.15, 0.2) is 10.6 Å². The number of rotatable bonds is 3. The summed E-state index contributed by atoms with van der Waals surface area (Å²) in [7, 11) is 0. The molecule has 0 radical (unpaired) electrons. The van der Waals surface area contributed by atoms with E-state index in [1.54, 1.807) is 6.07 Å². The number of aryl methyl sites for hydroxylation is 1. The van der Waals surface area contributed by atoms with Crippen LogP contribution in [0.25, 0.3) is 0 Å². The molecule has 1 fully saturated rings. The van der Waals surface area contributed by atoms with E-state index in [1.165, 1.54) is 0 Å². The normalized spacial score (nSPS) is 22.9. The number of likely N-dealkylation sites (tertiary alicyclic amines) is 1. The van der Waals surface area contributed by atoms with Gasteiger partial charge in [0.2, 0.25) is 5.91 Å². The summed E-state index contributed by atoms with van der Waals surface area (Å²) in [4.78, 5) is 14.0. The average molecular weight is 274 g/mol. The summed E-state index contributed by atoms with van der Waals surface area (Å²) in [5, 5.41) is 3.84. The first-order valence-corrected chi connectivity index (χ1v) is 6.02. The van der Waals surface area contributed by atoms with Crippen LogP contribution >= 0.6 is 12.4 Å². The molecule has 18 heavy (non-hydrogen) atoms. The Morgan fingerprint density at radius 2 is 2.39 bits per heavy atom. The van der Waals surface area contributed by atoms with Crippen molar-refractivity contribution >= 4 is 18.3 Å². The number of nitrogens with two attached hydrogens (primary N) is 1. The Labute approximate surface area is 113 Å². The molecule has 6 heteroatoms. The lowest BCUT2D eigenvalue weighted by Gasteiger charge is -2.20. The Balaban J connectivity index is 0.00000162. The molecule has 2 heterocycles. The number of hydrogen-bond acceptors (Lipinski definition) is 4. The van der Waals surface area contributed by atoms with E-state index in [0.717, 1.165) is 18.7 Å². The molecular weight excluding hydrogens is 254 g/mol. The Hall–Kier alpha value is -1.07. The van der Waals surface area contributed by atoms with Crippen LogP contribution in [0.1, 0.15) is 24.8 Å². The van der Waals surface area contributed by atoms with Crippen molar-refractivity contribution < 1.29 is 9.32 Å². The van der Waals surface area contributed by atoms with Gasteiger partial charge in [0.25, 0.3) is 0 Å². The highest BCUT2D eigenvalue weighted by Gasteiger charge is 2.31. The minimum absolute atomic E-state index is 0. The van der Waals surface area contributed by atoms with Gasteiger partial charge in [0.05, 0.1) is 12.1 Å². The van der Waals surface area contributed by atoms with Crippen molar-refractivity contribution in [3.05, 3.63) is 17.5 Å². The number of carbonyl (C=O) groups is 1. The van der Waals surface area contributed by atoms with Crippen LogP contribution in [0.2, 0.25) is 0 Å². The van der Waals surface area contributed by atoms with E-state index < -0.39 is 0 Å². The van der Waals surface area contributed by atoms with E-state index >= 15 is 0 Å².